The molecule has 4 heterocycles. The van der Waals surface area contributed by atoms with Gasteiger partial charge in [0.2, 0.25) is 0 Å². The summed E-state index contributed by atoms with van der Waals surface area (Å²) in [4.78, 5) is 36.4. The number of thioether (sulfide) groups is 1. The third kappa shape index (κ3) is 6.83. The fourth-order valence-electron chi connectivity index (χ4n) is 4.87. The maximum atomic E-state index is 13.6. The number of fused-ring (bicyclic) bond motifs is 1. The van der Waals surface area contributed by atoms with Crippen molar-refractivity contribution in [2.75, 3.05) is 51.3 Å². The lowest BCUT2D eigenvalue weighted by Gasteiger charge is -2.26. The summed E-state index contributed by atoms with van der Waals surface area (Å²) >= 11 is 6.87. The van der Waals surface area contributed by atoms with E-state index in [2.05, 4.69) is 24.1 Å². The van der Waals surface area contributed by atoms with Crippen molar-refractivity contribution in [2.45, 2.75) is 52.9 Å². The number of aromatic nitrogens is 2. The van der Waals surface area contributed by atoms with E-state index >= 15 is 0 Å². The van der Waals surface area contributed by atoms with Crippen molar-refractivity contribution in [3.05, 3.63) is 44.7 Å². The van der Waals surface area contributed by atoms with E-state index in [1.54, 1.807) is 21.6 Å². The molecule has 8 nitrogen and oxygen atoms in total. The number of thiocarbonyl (C=S) groups is 1. The number of aryl methyl sites for hydroxylation is 1. The molecule has 0 bridgehead atoms. The van der Waals surface area contributed by atoms with Crippen LogP contribution in [0.5, 0.6) is 0 Å². The SMILES string of the molecule is CCCC[C@H](CC)CN1C(=O)/C(=C\c2c(NCCCN3CCOCC3)nc3c(C)cccn3c2=O)SC1=S. The molecule has 1 N–H and O–H groups in total. The zero-order chi connectivity index (χ0) is 27.1. The van der Waals surface area contributed by atoms with Crippen molar-refractivity contribution in [1.82, 2.24) is 19.2 Å². The predicted molar refractivity (Wildman–Crippen MR) is 160 cm³/mol. The van der Waals surface area contributed by atoms with Crippen molar-refractivity contribution in [1.29, 1.82) is 0 Å². The van der Waals surface area contributed by atoms with Crippen molar-refractivity contribution in [3.63, 3.8) is 0 Å². The van der Waals surface area contributed by atoms with Crippen LogP contribution in [-0.2, 0) is 9.53 Å². The first-order chi connectivity index (χ1) is 18.4. The summed E-state index contributed by atoms with van der Waals surface area (Å²) in [5, 5.41) is 3.39. The summed E-state index contributed by atoms with van der Waals surface area (Å²) in [6, 6.07) is 3.78. The van der Waals surface area contributed by atoms with Crippen molar-refractivity contribution in [2.24, 2.45) is 5.92 Å². The van der Waals surface area contributed by atoms with Gasteiger partial charge in [-0.1, -0.05) is 63.2 Å². The molecule has 10 heteroatoms. The lowest BCUT2D eigenvalue weighted by Crippen LogP contribution is -2.37. The van der Waals surface area contributed by atoms with Crippen LogP contribution in [0.2, 0.25) is 0 Å². The fraction of sp³-hybridized carbons (Fsp3) is 0.571. The van der Waals surface area contributed by atoms with E-state index in [-0.39, 0.29) is 11.5 Å². The van der Waals surface area contributed by atoms with E-state index in [0.29, 0.717) is 45.3 Å². The number of anilines is 1. The summed E-state index contributed by atoms with van der Waals surface area (Å²) in [7, 11) is 0. The quantitative estimate of drug-likeness (QED) is 0.231. The number of hydrogen-bond acceptors (Lipinski definition) is 8. The highest BCUT2D eigenvalue weighted by atomic mass is 32.2. The van der Waals surface area contributed by atoms with E-state index in [1.807, 2.05) is 19.1 Å². The normalized spacial score (nSPS) is 18.6. The molecule has 2 aromatic heterocycles. The molecule has 0 aromatic carbocycles. The second-order valence-electron chi connectivity index (χ2n) is 10.0. The van der Waals surface area contributed by atoms with Gasteiger partial charge in [-0.3, -0.25) is 23.8 Å². The Morgan fingerprint density at radius 1 is 1.24 bits per heavy atom. The van der Waals surface area contributed by atoms with Crippen LogP contribution in [0.4, 0.5) is 5.82 Å². The number of amides is 1. The number of ether oxygens (including phenoxy) is 1. The van der Waals surface area contributed by atoms with Crippen LogP contribution >= 0.6 is 24.0 Å². The third-order valence-corrected chi connectivity index (χ3v) is 8.64. The summed E-state index contributed by atoms with van der Waals surface area (Å²) in [6.07, 6.45) is 8.67. The monoisotopic (exact) mass is 557 g/mol. The van der Waals surface area contributed by atoms with Crippen molar-refractivity contribution in [3.8, 4) is 0 Å². The number of morpholine rings is 1. The molecule has 0 radical (unpaired) electrons. The molecule has 4 rings (SSSR count). The van der Waals surface area contributed by atoms with Gasteiger partial charge in [-0.05, 0) is 49.9 Å². The van der Waals surface area contributed by atoms with E-state index in [1.165, 1.54) is 11.8 Å². The second kappa shape index (κ2) is 13.7. The Morgan fingerprint density at radius 3 is 2.76 bits per heavy atom. The van der Waals surface area contributed by atoms with Gasteiger partial charge in [-0.25, -0.2) is 4.98 Å². The van der Waals surface area contributed by atoms with Gasteiger partial charge in [0, 0.05) is 32.4 Å². The minimum atomic E-state index is -0.200. The molecule has 2 aliphatic rings. The number of rotatable bonds is 12. The van der Waals surface area contributed by atoms with Crippen LogP contribution in [0.3, 0.4) is 0 Å². The molecule has 38 heavy (non-hydrogen) atoms. The molecule has 0 unspecified atom stereocenters. The molecule has 206 valence electrons. The van der Waals surface area contributed by atoms with Crippen molar-refractivity contribution >= 4 is 51.7 Å². The first-order valence-electron chi connectivity index (χ1n) is 13.7. The van der Waals surface area contributed by atoms with Crippen LogP contribution in [0, 0.1) is 12.8 Å². The zero-order valence-electron chi connectivity index (χ0n) is 22.7. The summed E-state index contributed by atoms with van der Waals surface area (Å²) in [5.74, 6) is 0.796. The first kappa shape index (κ1) is 28.7. The Bertz CT molecular complexity index is 1240. The molecule has 0 spiro atoms. The number of nitrogens with zero attached hydrogens (tertiary/aromatic N) is 4. The highest BCUT2D eigenvalue weighted by molar-refractivity contribution is 8.26. The van der Waals surface area contributed by atoms with Crippen LogP contribution in [0.1, 0.15) is 57.1 Å². The lowest BCUT2D eigenvalue weighted by molar-refractivity contribution is -0.122. The van der Waals surface area contributed by atoms with Gasteiger partial charge < -0.3 is 10.1 Å². The van der Waals surface area contributed by atoms with E-state index in [0.717, 1.165) is 70.5 Å². The van der Waals surface area contributed by atoms with E-state index in [4.69, 9.17) is 21.9 Å². The van der Waals surface area contributed by atoms with E-state index < -0.39 is 0 Å². The number of unbranched alkanes of at least 4 members (excludes halogenated alkanes) is 1. The average Bonchev–Trinajstić information content (AvgIpc) is 3.19. The Hall–Kier alpha value is -2.27. The number of carbonyl (C=O) groups is 1. The Morgan fingerprint density at radius 2 is 2.03 bits per heavy atom. The van der Waals surface area contributed by atoms with Gasteiger partial charge in [0.05, 0.1) is 23.7 Å². The van der Waals surface area contributed by atoms with Gasteiger partial charge in [0.1, 0.15) is 15.8 Å². The minimum Gasteiger partial charge on any atom is -0.379 e. The largest absolute Gasteiger partial charge is 0.379 e. The first-order valence-corrected chi connectivity index (χ1v) is 15.0. The predicted octanol–water partition coefficient (Wildman–Crippen LogP) is 4.55. The maximum absolute atomic E-state index is 13.6. The minimum absolute atomic E-state index is 0.123. The Balaban J connectivity index is 1.58. The number of carbonyl (C=O) groups excluding carboxylic acids is 1. The standard InChI is InChI=1S/C28H39N5O3S2/c1-4-6-10-21(5-2)19-33-27(35)23(38-28(33)37)18-22-24(29-11-8-12-31-14-16-36-17-15-31)30-25-20(3)9-7-13-32(25)26(22)34/h7,9,13,18,21,29H,4-6,8,10-12,14-17,19H2,1-3H3/b23-18+/t21-/m0/s1. The molecule has 2 saturated heterocycles. The highest BCUT2D eigenvalue weighted by Gasteiger charge is 2.33. The molecule has 2 aromatic rings. The van der Waals surface area contributed by atoms with Gasteiger partial charge in [-0.15, -0.1) is 0 Å². The number of nitrogens with one attached hydrogen (secondary N) is 1. The molecular formula is C28H39N5O3S2. The highest BCUT2D eigenvalue weighted by Crippen LogP contribution is 2.34. The van der Waals surface area contributed by atoms with Gasteiger partial charge in [0.25, 0.3) is 11.5 Å². The molecular weight excluding hydrogens is 518 g/mol. The van der Waals surface area contributed by atoms with Crippen LogP contribution in [-0.4, -0.2) is 75.3 Å². The lowest BCUT2D eigenvalue weighted by atomic mass is 9.99. The molecule has 0 saturated carbocycles. The summed E-state index contributed by atoms with van der Waals surface area (Å²) < 4.78 is 7.55. The zero-order valence-corrected chi connectivity index (χ0v) is 24.3. The molecule has 0 aliphatic carbocycles. The smallest absolute Gasteiger partial charge is 0.267 e. The molecule has 1 atom stereocenters. The van der Waals surface area contributed by atoms with Crippen LogP contribution in [0.15, 0.2) is 28.0 Å². The van der Waals surface area contributed by atoms with Gasteiger partial charge in [-0.2, -0.15) is 0 Å². The number of pyridine rings is 1. The topological polar surface area (TPSA) is 79.2 Å². The molecule has 2 fully saturated rings. The fourth-order valence-corrected chi connectivity index (χ4v) is 6.13. The van der Waals surface area contributed by atoms with Crippen LogP contribution < -0.4 is 10.9 Å². The Labute approximate surface area is 234 Å². The van der Waals surface area contributed by atoms with Gasteiger partial charge in [0.15, 0.2) is 0 Å². The number of hydrogen-bond donors (Lipinski definition) is 1. The maximum Gasteiger partial charge on any atom is 0.267 e. The van der Waals surface area contributed by atoms with E-state index in [9.17, 15) is 9.59 Å². The summed E-state index contributed by atoms with van der Waals surface area (Å²) in [5.41, 5.74) is 1.71. The van der Waals surface area contributed by atoms with Crippen molar-refractivity contribution < 1.29 is 9.53 Å². The van der Waals surface area contributed by atoms with Gasteiger partial charge >= 0.3 is 0 Å². The third-order valence-electron chi connectivity index (χ3n) is 7.26. The van der Waals surface area contributed by atoms with Crippen LogP contribution in [0.25, 0.3) is 11.7 Å². The Kier molecular flexibility index (Phi) is 10.3. The molecule has 2 aliphatic heterocycles. The second-order valence-corrected chi connectivity index (χ2v) is 11.7. The molecule has 1 amide bonds. The summed E-state index contributed by atoms with van der Waals surface area (Å²) in [6.45, 7) is 12.0. The average molecular weight is 558 g/mol.